The highest BCUT2D eigenvalue weighted by Gasteiger charge is 2.29. The van der Waals surface area contributed by atoms with Gasteiger partial charge in [0.15, 0.2) is 0 Å². The summed E-state index contributed by atoms with van der Waals surface area (Å²) in [6.07, 6.45) is 5.85. The first-order valence-electron chi connectivity index (χ1n) is 4.29. The molecule has 58 valence electrons. The van der Waals surface area contributed by atoms with Crippen LogP contribution in [-0.4, -0.2) is 23.3 Å². The second-order valence-corrected chi connectivity index (χ2v) is 3.62. The van der Waals surface area contributed by atoms with E-state index >= 15 is 0 Å². The number of hydrogen-bond acceptors (Lipinski definition) is 2. The molecule has 2 aliphatic heterocycles. The van der Waals surface area contributed by atoms with Gasteiger partial charge in [-0.05, 0) is 25.7 Å². The van der Waals surface area contributed by atoms with Crippen LogP contribution in [0.5, 0.6) is 0 Å². The molecule has 0 spiro atoms. The SMILES string of the molecule is O[C@@H]1C[C@H]2CCC[C@@H](C1)N2. The van der Waals surface area contributed by atoms with Gasteiger partial charge in [0.1, 0.15) is 0 Å². The normalized spacial score (nSPS) is 47.1. The quantitative estimate of drug-likeness (QED) is 0.519. The minimum absolute atomic E-state index is 0.0171. The van der Waals surface area contributed by atoms with E-state index in [1.807, 2.05) is 0 Å². The molecule has 0 aliphatic carbocycles. The van der Waals surface area contributed by atoms with Crippen molar-refractivity contribution in [3.8, 4) is 0 Å². The summed E-state index contributed by atoms with van der Waals surface area (Å²) in [6, 6.07) is 1.25. The molecule has 0 unspecified atom stereocenters. The Bertz CT molecular complexity index is 110. The molecule has 0 aromatic rings. The van der Waals surface area contributed by atoms with Gasteiger partial charge < -0.3 is 10.4 Å². The number of aliphatic hydroxyl groups is 1. The fourth-order valence-corrected chi connectivity index (χ4v) is 2.24. The molecule has 2 saturated heterocycles. The maximum absolute atomic E-state index is 9.38. The zero-order valence-corrected chi connectivity index (χ0v) is 6.21. The van der Waals surface area contributed by atoms with Crippen LogP contribution in [0.4, 0.5) is 0 Å². The molecule has 2 nitrogen and oxygen atoms in total. The zero-order valence-electron chi connectivity index (χ0n) is 6.21. The zero-order chi connectivity index (χ0) is 6.97. The standard InChI is InChI=1S/C8H15NO/c10-8-4-6-2-1-3-7(5-8)9-6/h6-10H,1-5H2/t6-,7+,8-. The summed E-state index contributed by atoms with van der Waals surface area (Å²) in [5, 5.41) is 12.9. The maximum Gasteiger partial charge on any atom is 0.0569 e. The molecule has 0 aromatic carbocycles. The van der Waals surface area contributed by atoms with Crippen LogP contribution in [-0.2, 0) is 0 Å². The fraction of sp³-hybridized carbons (Fsp3) is 1.00. The smallest absolute Gasteiger partial charge is 0.0569 e. The van der Waals surface area contributed by atoms with Crippen molar-refractivity contribution in [1.82, 2.24) is 5.32 Å². The molecule has 0 amide bonds. The van der Waals surface area contributed by atoms with Crippen LogP contribution in [0.25, 0.3) is 0 Å². The molecule has 0 aromatic heterocycles. The van der Waals surface area contributed by atoms with Gasteiger partial charge >= 0.3 is 0 Å². The molecule has 0 radical (unpaired) electrons. The van der Waals surface area contributed by atoms with Crippen molar-refractivity contribution in [3.05, 3.63) is 0 Å². The van der Waals surface area contributed by atoms with Crippen LogP contribution in [0.1, 0.15) is 32.1 Å². The van der Waals surface area contributed by atoms with Crippen LogP contribution >= 0.6 is 0 Å². The average molecular weight is 141 g/mol. The number of nitrogens with one attached hydrogen (secondary N) is 1. The Morgan fingerprint density at radius 1 is 1.10 bits per heavy atom. The predicted molar refractivity (Wildman–Crippen MR) is 39.8 cm³/mol. The Morgan fingerprint density at radius 2 is 1.70 bits per heavy atom. The Kier molecular flexibility index (Phi) is 1.66. The fourth-order valence-electron chi connectivity index (χ4n) is 2.24. The molecular weight excluding hydrogens is 126 g/mol. The number of fused-ring (bicyclic) bond motifs is 2. The van der Waals surface area contributed by atoms with Crippen LogP contribution in [0.2, 0.25) is 0 Å². The van der Waals surface area contributed by atoms with Crippen molar-refractivity contribution in [2.75, 3.05) is 0 Å². The van der Waals surface area contributed by atoms with Crippen molar-refractivity contribution in [1.29, 1.82) is 0 Å². The summed E-state index contributed by atoms with van der Waals surface area (Å²) in [5.41, 5.74) is 0. The molecule has 3 atom stereocenters. The minimum Gasteiger partial charge on any atom is -0.393 e. The molecule has 2 rings (SSSR count). The summed E-state index contributed by atoms with van der Waals surface area (Å²) in [7, 11) is 0. The van der Waals surface area contributed by atoms with Crippen LogP contribution in [0.15, 0.2) is 0 Å². The van der Waals surface area contributed by atoms with E-state index in [-0.39, 0.29) is 6.10 Å². The van der Waals surface area contributed by atoms with Crippen molar-refractivity contribution in [3.63, 3.8) is 0 Å². The maximum atomic E-state index is 9.38. The van der Waals surface area contributed by atoms with E-state index in [1.54, 1.807) is 0 Å². The van der Waals surface area contributed by atoms with Crippen LogP contribution < -0.4 is 5.32 Å². The number of aliphatic hydroxyl groups excluding tert-OH is 1. The van der Waals surface area contributed by atoms with E-state index < -0.39 is 0 Å². The van der Waals surface area contributed by atoms with E-state index in [0.29, 0.717) is 12.1 Å². The van der Waals surface area contributed by atoms with Crippen molar-refractivity contribution in [2.45, 2.75) is 50.3 Å². The van der Waals surface area contributed by atoms with E-state index in [1.165, 1.54) is 19.3 Å². The topological polar surface area (TPSA) is 32.3 Å². The summed E-state index contributed by atoms with van der Waals surface area (Å²) in [5.74, 6) is 0. The Hall–Kier alpha value is -0.0800. The second kappa shape index (κ2) is 2.51. The Morgan fingerprint density at radius 3 is 2.30 bits per heavy atom. The van der Waals surface area contributed by atoms with Crippen molar-refractivity contribution >= 4 is 0 Å². The third-order valence-electron chi connectivity index (χ3n) is 2.69. The molecule has 2 bridgehead atoms. The van der Waals surface area contributed by atoms with Crippen LogP contribution in [0.3, 0.4) is 0 Å². The van der Waals surface area contributed by atoms with E-state index in [0.717, 1.165) is 12.8 Å². The summed E-state index contributed by atoms with van der Waals surface area (Å²) in [4.78, 5) is 0. The van der Waals surface area contributed by atoms with E-state index in [4.69, 9.17) is 0 Å². The predicted octanol–water partition coefficient (Wildman–Crippen LogP) is 0.652. The molecule has 2 fully saturated rings. The molecule has 2 N–H and O–H groups in total. The number of hydrogen-bond donors (Lipinski definition) is 2. The molecule has 0 saturated carbocycles. The lowest BCUT2D eigenvalue weighted by Crippen LogP contribution is -2.50. The molecule has 10 heavy (non-hydrogen) atoms. The first kappa shape index (κ1) is 6.62. The Labute approximate surface area is 61.6 Å². The van der Waals surface area contributed by atoms with Gasteiger partial charge in [-0.25, -0.2) is 0 Å². The van der Waals surface area contributed by atoms with Crippen molar-refractivity contribution < 1.29 is 5.11 Å². The Balaban J connectivity index is 1.98. The minimum atomic E-state index is -0.0171. The lowest BCUT2D eigenvalue weighted by Gasteiger charge is -2.38. The largest absolute Gasteiger partial charge is 0.393 e. The van der Waals surface area contributed by atoms with Gasteiger partial charge in [0, 0.05) is 12.1 Å². The molecular formula is C8H15NO. The van der Waals surface area contributed by atoms with Gasteiger partial charge in [-0.2, -0.15) is 0 Å². The third kappa shape index (κ3) is 1.18. The summed E-state index contributed by atoms with van der Waals surface area (Å²) >= 11 is 0. The highest BCUT2D eigenvalue weighted by atomic mass is 16.3. The second-order valence-electron chi connectivity index (χ2n) is 3.62. The van der Waals surface area contributed by atoms with E-state index in [2.05, 4.69) is 5.32 Å². The molecule has 2 heteroatoms. The lowest BCUT2D eigenvalue weighted by atomic mass is 9.85. The van der Waals surface area contributed by atoms with Gasteiger partial charge in [-0.1, -0.05) is 6.42 Å². The van der Waals surface area contributed by atoms with Crippen molar-refractivity contribution in [2.24, 2.45) is 0 Å². The van der Waals surface area contributed by atoms with Gasteiger partial charge in [-0.15, -0.1) is 0 Å². The first-order chi connectivity index (χ1) is 4.84. The van der Waals surface area contributed by atoms with Gasteiger partial charge in [-0.3, -0.25) is 0 Å². The highest BCUT2D eigenvalue weighted by Crippen LogP contribution is 2.25. The number of rotatable bonds is 0. The summed E-state index contributed by atoms with van der Waals surface area (Å²) < 4.78 is 0. The van der Waals surface area contributed by atoms with E-state index in [9.17, 15) is 5.11 Å². The first-order valence-corrected chi connectivity index (χ1v) is 4.29. The van der Waals surface area contributed by atoms with Crippen LogP contribution in [0, 0.1) is 0 Å². The molecule has 2 heterocycles. The number of piperidine rings is 2. The monoisotopic (exact) mass is 141 g/mol. The van der Waals surface area contributed by atoms with Gasteiger partial charge in [0.2, 0.25) is 0 Å². The van der Waals surface area contributed by atoms with Gasteiger partial charge in [0.25, 0.3) is 0 Å². The third-order valence-corrected chi connectivity index (χ3v) is 2.69. The van der Waals surface area contributed by atoms with Gasteiger partial charge in [0.05, 0.1) is 6.10 Å². The highest BCUT2D eigenvalue weighted by molar-refractivity contribution is 4.88. The molecule has 2 aliphatic rings. The average Bonchev–Trinajstić information content (AvgIpc) is 1.85. The summed E-state index contributed by atoms with van der Waals surface area (Å²) in [6.45, 7) is 0. The lowest BCUT2D eigenvalue weighted by molar-refractivity contribution is 0.0741.